The van der Waals surface area contributed by atoms with E-state index in [1.165, 1.54) is 12.1 Å². The SMILES string of the molecule is CCOC(c1nc2ccc([N+](=O)[O-])cc2[nH]1)[Si](C)(C)C. The number of aromatic amines is 1. The molecular formula is C13H19N3O3Si. The number of H-pyrrole nitrogens is 1. The van der Waals surface area contributed by atoms with Gasteiger partial charge < -0.3 is 9.72 Å². The number of benzene rings is 1. The number of nitro groups is 1. The van der Waals surface area contributed by atoms with Crippen LogP contribution in [0.4, 0.5) is 5.69 Å². The molecule has 108 valence electrons. The standard InChI is InChI=1S/C13H19N3O3Si/c1-5-19-13(20(2,3)4)12-14-10-7-6-9(16(17)18)8-11(10)15-12/h6-8,13H,5H2,1-4H3,(H,14,15). The van der Waals surface area contributed by atoms with Gasteiger partial charge in [0.1, 0.15) is 11.6 Å². The number of hydrogen-bond acceptors (Lipinski definition) is 4. The van der Waals surface area contributed by atoms with Crippen LogP contribution in [0.15, 0.2) is 18.2 Å². The highest BCUT2D eigenvalue weighted by molar-refractivity contribution is 6.77. The summed E-state index contributed by atoms with van der Waals surface area (Å²) in [5.41, 5.74) is 1.43. The molecule has 0 aliphatic carbocycles. The minimum atomic E-state index is -1.60. The van der Waals surface area contributed by atoms with Crippen LogP contribution in [0.5, 0.6) is 0 Å². The van der Waals surface area contributed by atoms with Crippen LogP contribution in [0.1, 0.15) is 18.5 Å². The molecule has 0 bridgehead atoms. The van der Waals surface area contributed by atoms with Gasteiger partial charge in [0.15, 0.2) is 0 Å². The van der Waals surface area contributed by atoms with Gasteiger partial charge in [0.2, 0.25) is 0 Å². The van der Waals surface area contributed by atoms with Crippen molar-refractivity contribution in [1.29, 1.82) is 0 Å². The van der Waals surface area contributed by atoms with Crippen molar-refractivity contribution in [1.82, 2.24) is 9.97 Å². The predicted octanol–water partition coefficient (Wildman–Crippen LogP) is 3.43. The normalized spacial score (nSPS) is 13.6. The lowest BCUT2D eigenvalue weighted by molar-refractivity contribution is -0.384. The molecule has 7 heteroatoms. The average molecular weight is 293 g/mol. The minimum absolute atomic E-state index is 0.0426. The summed E-state index contributed by atoms with van der Waals surface area (Å²) >= 11 is 0. The van der Waals surface area contributed by atoms with Crippen LogP contribution < -0.4 is 0 Å². The Kier molecular flexibility index (Phi) is 3.91. The van der Waals surface area contributed by atoms with Gasteiger partial charge in [-0.05, 0) is 13.0 Å². The van der Waals surface area contributed by atoms with Gasteiger partial charge in [-0.1, -0.05) is 19.6 Å². The molecule has 0 amide bonds. The topological polar surface area (TPSA) is 81.1 Å². The van der Waals surface area contributed by atoms with Crippen molar-refractivity contribution in [3.8, 4) is 0 Å². The van der Waals surface area contributed by atoms with Gasteiger partial charge in [-0.3, -0.25) is 10.1 Å². The highest BCUT2D eigenvalue weighted by atomic mass is 28.3. The third-order valence-corrected chi connectivity index (χ3v) is 5.08. The summed E-state index contributed by atoms with van der Waals surface area (Å²) in [5, 5.41) is 10.8. The number of fused-ring (bicyclic) bond motifs is 1. The molecule has 20 heavy (non-hydrogen) atoms. The highest BCUT2D eigenvalue weighted by Crippen LogP contribution is 2.29. The molecule has 1 heterocycles. The molecule has 0 aliphatic heterocycles. The number of non-ortho nitro benzene ring substituents is 1. The lowest BCUT2D eigenvalue weighted by Gasteiger charge is -2.26. The molecule has 1 N–H and O–H groups in total. The van der Waals surface area contributed by atoms with Crippen LogP contribution in [0.2, 0.25) is 19.6 Å². The van der Waals surface area contributed by atoms with Gasteiger partial charge in [0.25, 0.3) is 5.69 Å². The molecule has 0 aliphatic rings. The van der Waals surface area contributed by atoms with E-state index in [-0.39, 0.29) is 11.4 Å². The molecule has 1 aromatic carbocycles. The van der Waals surface area contributed by atoms with Crippen molar-refractivity contribution < 1.29 is 9.66 Å². The van der Waals surface area contributed by atoms with E-state index in [0.717, 1.165) is 11.3 Å². The Labute approximate surface area is 118 Å². The molecule has 0 spiro atoms. The number of imidazole rings is 1. The summed E-state index contributed by atoms with van der Waals surface area (Å²) < 4.78 is 5.83. The molecule has 0 saturated heterocycles. The maximum absolute atomic E-state index is 10.8. The molecule has 0 radical (unpaired) electrons. The number of ether oxygens (including phenoxy) is 1. The first-order valence-corrected chi connectivity index (χ1v) is 10.2. The van der Waals surface area contributed by atoms with E-state index in [1.807, 2.05) is 6.92 Å². The Balaban J connectivity index is 2.46. The number of nitrogens with zero attached hydrogens (tertiary/aromatic N) is 2. The van der Waals surface area contributed by atoms with Crippen molar-refractivity contribution in [3.05, 3.63) is 34.1 Å². The number of aromatic nitrogens is 2. The van der Waals surface area contributed by atoms with E-state index in [9.17, 15) is 10.1 Å². The van der Waals surface area contributed by atoms with Gasteiger partial charge >= 0.3 is 0 Å². The molecular weight excluding hydrogens is 274 g/mol. The second kappa shape index (κ2) is 5.33. The Morgan fingerprint density at radius 1 is 1.45 bits per heavy atom. The molecule has 2 aromatic rings. The summed E-state index contributed by atoms with van der Waals surface area (Å²) in [5.74, 6) is 0.765. The second-order valence-corrected chi connectivity index (χ2v) is 11.0. The van der Waals surface area contributed by atoms with Gasteiger partial charge in [0.05, 0.1) is 24.0 Å². The smallest absolute Gasteiger partial charge is 0.271 e. The van der Waals surface area contributed by atoms with Crippen molar-refractivity contribution in [2.45, 2.75) is 32.3 Å². The van der Waals surface area contributed by atoms with Crippen molar-refractivity contribution in [3.63, 3.8) is 0 Å². The number of nitro benzene ring substituents is 1. The van der Waals surface area contributed by atoms with Crippen LogP contribution in [0.25, 0.3) is 11.0 Å². The maximum Gasteiger partial charge on any atom is 0.271 e. The fraction of sp³-hybridized carbons (Fsp3) is 0.462. The van der Waals surface area contributed by atoms with Crippen molar-refractivity contribution in [2.24, 2.45) is 0 Å². The fourth-order valence-corrected chi connectivity index (χ4v) is 3.78. The number of nitrogens with one attached hydrogen (secondary N) is 1. The summed E-state index contributed by atoms with van der Waals surface area (Å²) in [6, 6.07) is 4.65. The monoisotopic (exact) mass is 293 g/mol. The maximum atomic E-state index is 10.8. The molecule has 6 nitrogen and oxygen atoms in total. The van der Waals surface area contributed by atoms with E-state index in [4.69, 9.17) is 4.74 Å². The third kappa shape index (κ3) is 2.88. The molecule has 1 atom stereocenters. The first kappa shape index (κ1) is 14.7. The summed E-state index contributed by atoms with van der Waals surface area (Å²) in [6.45, 7) is 9.21. The van der Waals surface area contributed by atoms with Gasteiger partial charge in [-0.15, -0.1) is 0 Å². The van der Waals surface area contributed by atoms with E-state index in [2.05, 4.69) is 29.6 Å². The quantitative estimate of drug-likeness (QED) is 0.520. The van der Waals surface area contributed by atoms with Gasteiger partial charge in [-0.2, -0.15) is 0 Å². The zero-order valence-electron chi connectivity index (χ0n) is 12.1. The average Bonchev–Trinajstić information content (AvgIpc) is 2.76. The van der Waals surface area contributed by atoms with Crippen LogP contribution in [0.3, 0.4) is 0 Å². The summed E-state index contributed by atoms with van der Waals surface area (Å²) in [4.78, 5) is 18.1. The molecule has 0 saturated carbocycles. The Bertz CT molecular complexity index is 633. The van der Waals surface area contributed by atoms with Crippen LogP contribution in [-0.2, 0) is 4.74 Å². The van der Waals surface area contributed by atoms with E-state index in [0.29, 0.717) is 12.1 Å². The van der Waals surface area contributed by atoms with Crippen molar-refractivity contribution >= 4 is 24.8 Å². The first-order valence-electron chi connectivity index (χ1n) is 6.58. The van der Waals surface area contributed by atoms with Crippen LogP contribution in [-0.4, -0.2) is 29.6 Å². The summed E-state index contributed by atoms with van der Waals surface area (Å²) in [7, 11) is -1.60. The molecule has 1 aromatic heterocycles. The largest absolute Gasteiger partial charge is 0.374 e. The zero-order chi connectivity index (χ0) is 14.9. The molecule has 1 unspecified atom stereocenters. The van der Waals surface area contributed by atoms with E-state index >= 15 is 0 Å². The predicted molar refractivity (Wildman–Crippen MR) is 80.5 cm³/mol. The number of hydrogen-bond donors (Lipinski definition) is 1. The lowest BCUT2D eigenvalue weighted by atomic mass is 10.3. The van der Waals surface area contributed by atoms with Gasteiger partial charge in [0, 0.05) is 18.7 Å². The van der Waals surface area contributed by atoms with E-state index < -0.39 is 13.0 Å². The highest BCUT2D eigenvalue weighted by Gasteiger charge is 2.31. The molecule has 0 fully saturated rings. The number of rotatable bonds is 5. The molecule has 2 rings (SSSR count). The van der Waals surface area contributed by atoms with Crippen molar-refractivity contribution in [2.75, 3.05) is 6.61 Å². The summed E-state index contributed by atoms with van der Waals surface area (Å²) in [6.07, 6.45) is 0. The van der Waals surface area contributed by atoms with Crippen LogP contribution in [0, 0.1) is 10.1 Å². The third-order valence-electron chi connectivity index (χ3n) is 3.06. The first-order chi connectivity index (χ1) is 9.32. The Morgan fingerprint density at radius 3 is 2.70 bits per heavy atom. The minimum Gasteiger partial charge on any atom is -0.374 e. The fourth-order valence-electron chi connectivity index (χ4n) is 2.16. The lowest BCUT2D eigenvalue weighted by Crippen LogP contribution is -2.33. The second-order valence-electron chi connectivity index (χ2n) is 5.78. The Hall–Kier alpha value is -1.73. The zero-order valence-corrected chi connectivity index (χ0v) is 13.1. The van der Waals surface area contributed by atoms with Gasteiger partial charge in [-0.25, -0.2) is 4.98 Å². The van der Waals surface area contributed by atoms with Crippen LogP contribution >= 0.6 is 0 Å². The Morgan fingerprint density at radius 2 is 2.15 bits per heavy atom. The van der Waals surface area contributed by atoms with E-state index in [1.54, 1.807) is 6.07 Å².